The molecule has 0 bridgehead atoms. The van der Waals surface area contributed by atoms with Crippen LogP contribution in [-0.2, 0) is 21.0 Å². The number of carbonyl (C=O) groups excluding carboxylic acids is 3. The molecule has 8 nitrogen and oxygen atoms in total. The molecule has 5 rings (SSSR count). The number of ether oxygens (including phenoxy) is 2. The molecule has 4 aromatic rings. The maximum atomic E-state index is 14.2. The molecule has 0 radical (unpaired) electrons. The summed E-state index contributed by atoms with van der Waals surface area (Å²) in [5.74, 6) is -1.62. The largest absolute Gasteiger partial charge is 0.493 e. The predicted molar refractivity (Wildman–Crippen MR) is 207 cm³/mol. The first-order valence-corrected chi connectivity index (χ1v) is 17.9. The molecular formula is C41H35BrFN3O5S. The molecule has 0 saturated heterocycles. The normalized spacial score (nSPS) is 14.2. The van der Waals surface area contributed by atoms with Crippen LogP contribution in [0, 0.1) is 5.82 Å². The monoisotopic (exact) mass is 779 g/mol. The van der Waals surface area contributed by atoms with Gasteiger partial charge < -0.3 is 14.8 Å². The number of methoxy groups -OCH3 is 1. The third-order valence-electron chi connectivity index (χ3n) is 7.81. The maximum absolute atomic E-state index is 14.2. The number of amidine groups is 1. The molecular weight excluding hydrogens is 745 g/mol. The van der Waals surface area contributed by atoms with Gasteiger partial charge in [0.25, 0.3) is 11.8 Å². The van der Waals surface area contributed by atoms with Gasteiger partial charge in [0.15, 0.2) is 16.7 Å². The van der Waals surface area contributed by atoms with Crippen molar-refractivity contribution in [3.05, 3.63) is 172 Å². The van der Waals surface area contributed by atoms with Crippen molar-refractivity contribution in [2.45, 2.75) is 19.6 Å². The highest BCUT2D eigenvalue weighted by atomic mass is 79.9. The second-order valence-electron chi connectivity index (χ2n) is 11.2. The second kappa shape index (κ2) is 18.1. The van der Waals surface area contributed by atoms with Gasteiger partial charge in [0, 0.05) is 11.3 Å². The van der Waals surface area contributed by atoms with E-state index in [2.05, 4.69) is 32.8 Å². The van der Waals surface area contributed by atoms with Gasteiger partial charge >= 0.3 is 0 Å². The molecule has 0 atom stereocenters. The summed E-state index contributed by atoms with van der Waals surface area (Å²) in [6, 6.07) is 28.3. The first-order chi connectivity index (χ1) is 25.2. The van der Waals surface area contributed by atoms with E-state index in [0.29, 0.717) is 32.8 Å². The highest BCUT2D eigenvalue weighted by Gasteiger charge is 2.35. The highest BCUT2D eigenvalue weighted by Crippen LogP contribution is 2.38. The van der Waals surface area contributed by atoms with E-state index in [0.717, 1.165) is 22.9 Å². The molecule has 264 valence electrons. The minimum Gasteiger partial charge on any atom is -0.493 e. The van der Waals surface area contributed by atoms with Crippen LogP contribution >= 0.6 is 27.7 Å². The van der Waals surface area contributed by atoms with Crippen molar-refractivity contribution in [2.24, 2.45) is 4.99 Å². The standard InChI is InChI=1S/C41H35BrFN3O5S/c1-4-6-20-31(5-2)46-40(49)32(22-27-23-33(42)38(35(24-27)50-3)51-25-30-19-13-14-21-34(30)43)39(48)45-41(46)52-26-36(47)44-37(28-15-9-7-10-16-28)29-17-11-8-12-18-29/h4-24,37H,1,25-26H2,2-3H3,(H,44,47)/b20-6-,31-5+,32-22+. The molecule has 4 aromatic carbocycles. The summed E-state index contributed by atoms with van der Waals surface area (Å²) >= 11 is 4.46. The van der Waals surface area contributed by atoms with Crippen LogP contribution in [-0.4, -0.2) is 40.7 Å². The Balaban J connectivity index is 1.41. The van der Waals surface area contributed by atoms with Gasteiger partial charge in [0.05, 0.1) is 23.4 Å². The Hall–Kier alpha value is -5.52. The number of nitrogens with zero attached hydrogens (tertiary/aromatic N) is 2. The average molecular weight is 781 g/mol. The molecule has 1 aliphatic heterocycles. The molecule has 0 fully saturated rings. The number of carbonyl (C=O) groups is 3. The zero-order chi connectivity index (χ0) is 37.0. The molecule has 3 amide bonds. The Morgan fingerprint density at radius 1 is 1.02 bits per heavy atom. The maximum Gasteiger partial charge on any atom is 0.285 e. The van der Waals surface area contributed by atoms with E-state index in [1.165, 1.54) is 24.2 Å². The number of amides is 3. The molecule has 11 heteroatoms. The number of hydrogen-bond acceptors (Lipinski definition) is 6. The molecule has 0 unspecified atom stereocenters. The lowest BCUT2D eigenvalue weighted by Crippen LogP contribution is -2.42. The molecule has 52 heavy (non-hydrogen) atoms. The van der Waals surface area contributed by atoms with Crippen LogP contribution in [0.4, 0.5) is 4.39 Å². The van der Waals surface area contributed by atoms with Crippen molar-refractivity contribution in [1.29, 1.82) is 0 Å². The molecule has 0 saturated carbocycles. The number of nitrogens with one attached hydrogen (secondary N) is 1. The Labute approximate surface area is 314 Å². The van der Waals surface area contributed by atoms with Gasteiger partial charge in [-0.1, -0.05) is 115 Å². The third kappa shape index (κ3) is 9.22. The number of benzene rings is 4. The van der Waals surface area contributed by atoms with Gasteiger partial charge in [-0.2, -0.15) is 4.99 Å². The molecule has 0 aromatic heterocycles. The summed E-state index contributed by atoms with van der Waals surface area (Å²) < 4.78 is 26.1. The number of thioether (sulfide) groups is 1. The predicted octanol–water partition coefficient (Wildman–Crippen LogP) is 8.57. The van der Waals surface area contributed by atoms with Gasteiger partial charge in [0.2, 0.25) is 5.91 Å². The van der Waals surface area contributed by atoms with Gasteiger partial charge in [-0.15, -0.1) is 0 Å². The second-order valence-corrected chi connectivity index (χ2v) is 13.0. The van der Waals surface area contributed by atoms with Crippen LogP contribution in [0.1, 0.15) is 35.2 Å². The van der Waals surface area contributed by atoms with Crippen molar-refractivity contribution in [3.8, 4) is 11.5 Å². The summed E-state index contributed by atoms with van der Waals surface area (Å²) in [7, 11) is 1.45. The van der Waals surface area contributed by atoms with E-state index < -0.39 is 23.7 Å². The summed E-state index contributed by atoms with van der Waals surface area (Å²) in [6.45, 7) is 5.42. The summed E-state index contributed by atoms with van der Waals surface area (Å²) in [6.07, 6.45) is 7.99. The van der Waals surface area contributed by atoms with Crippen molar-refractivity contribution >= 4 is 56.7 Å². The Bertz CT molecular complexity index is 2040. The Morgan fingerprint density at radius 2 is 1.67 bits per heavy atom. The Morgan fingerprint density at radius 3 is 2.29 bits per heavy atom. The van der Waals surface area contributed by atoms with Crippen LogP contribution < -0.4 is 14.8 Å². The Kier molecular flexibility index (Phi) is 13.1. The van der Waals surface area contributed by atoms with Crippen molar-refractivity contribution in [2.75, 3.05) is 12.9 Å². The van der Waals surface area contributed by atoms with Crippen LogP contribution in [0.3, 0.4) is 0 Å². The minimum absolute atomic E-state index is 0.0509. The summed E-state index contributed by atoms with van der Waals surface area (Å²) in [5, 5.41) is 3.14. The third-order valence-corrected chi connectivity index (χ3v) is 9.33. The molecule has 1 heterocycles. The molecule has 1 N–H and O–H groups in total. The first kappa shape index (κ1) is 37.7. The fourth-order valence-electron chi connectivity index (χ4n) is 5.29. The first-order valence-electron chi connectivity index (χ1n) is 16.1. The number of aliphatic imine (C=N–C) groups is 1. The van der Waals surface area contributed by atoms with Crippen LogP contribution in [0.15, 0.2) is 149 Å². The number of allylic oxidation sites excluding steroid dienone is 4. The number of rotatable bonds is 13. The van der Waals surface area contributed by atoms with Crippen LogP contribution in [0.2, 0.25) is 0 Å². The summed E-state index contributed by atoms with van der Waals surface area (Å²) in [5.41, 5.74) is 2.84. The minimum atomic E-state index is -0.770. The van der Waals surface area contributed by atoms with E-state index in [4.69, 9.17) is 9.47 Å². The quantitative estimate of drug-likeness (QED) is 0.0830. The smallest absolute Gasteiger partial charge is 0.285 e. The fourth-order valence-corrected chi connectivity index (χ4v) is 6.67. The number of hydrogen-bond donors (Lipinski definition) is 1. The lowest BCUT2D eigenvalue weighted by molar-refractivity contribution is -0.126. The SMILES string of the molecule is C=C/C=C\C(=C/C)N1C(=O)/C(=C/c2cc(Br)c(OCc3ccccc3F)c(OC)c2)C(=O)N=C1SCC(=O)NC(c1ccccc1)c1ccccc1. The van der Waals surface area contributed by atoms with Gasteiger partial charge in [0.1, 0.15) is 18.0 Å². The highest BCUT2D eigenvalue weighted by molar-refractivity contribution is 9.10. The zero-order valence-electron chi connectivity index (χ0n) is 28.4. The van der Waals surface area contributed by atoms with Gasteiger partial charge in [-0.05, 0) is 69.9 Å². The van der Waals surface area contributed by atoms with Gasteiger partial charge in [-0.25, -0.2) is 4.39 Å². The molecule has 1 aliphatic rings. The fraction of sp³-hybridized carbons (Fsp3) is 0.122. The lowest BCUT2D eigenvalue weighted by Gasteiger charge is -2.28. The summed E-state index contributed by atoms with van der Waals surface area (Å²) in [4.78, 5) is 46.7. The van der Waals surface area contributed by atoms with Crippen molar-refractivity contribution in [1.82, 2.24) is 10.2 Å². The van der Waals surface area contributed by atoms with Gasteiger partial charge in [-0.3, -0.25) is 19.3 Å². The van der Waals surface area contributed by atoms with Crippen LogP contribution in [0.25, 0.3) is 6.08 Å². The van der Waals surface area contributed by atoms with Crippen molar-refractivity contribution < 1.29 is 28.2 Å². The molecule has 0 spiro atoms. The lowest BCUT2D eigenvalue weighted by atomic mass is 9.99. The molecule has 0 aliphatic carbocycles. The number of halogens is 2. The van der Waals surface area contributed by atoms with Crippen molar-refractivity contribution in [3.63, 3.8) is 0 Å². The van der Waals surface area contributed by atoms with E-state index in [1.54, 1.807) is 61.6 Å². The zero-order valence-corrected chi connectivity index (χ0v) is 30.8. The van der Waals surface area contributed by atoms with E-state index in [9.17, 15) is 18.8 Å². The van der Waals surface area contributed by atoms with E-state index in [1.807, 2.05) is 60.7 Å². The van der Waals surface area contributed by atoms with E-state index >= 15 is 0 Å². The van der Waals surface area contributed by atoms with E-state index in [-0.39, 0.29) is 29.0 Å². The van der Waals surface area contributed by atoms with Crippen LogP contribution in [0.5, 0.6) is 11.5 Å². The topological polar surface area (TPSA) is 97.3 Å². The average Bonchev–Trinajstić information content (AvgIpc) is 3.16.